The van der Waals surface area contributed by atoms with Gasteiger partial charge in [-0.3, -0.25) is 10.8 Å². The lowest BCUT2D eigenvalue weighted by molar-refractivity contribution is 0.0620. The topological polar surface area (TPSA) is 86.2 Å². The Labute approximate surface area is 107 Å². The summed E-state index contributed by atoms with van der Waals surface area (Å²) in [6, 6.07) is 0. The number of hydrogen-bond donors (Lipinski definition) is 3. The van der Waals surface area contributed by atoms with Crippen LogP contribution in [0.2, 0.25) is 0 Å². The Morgan fingerprint density at radius 1 is 1.39 bits per heavy atom. The summed E-state index contributed by atoms with van der Waals surface area (Å²) < 4.78 is 5.88. The van der Waals surface area contributed by atoms with Crippen molar-refractivity contribution in [2.45, 2.75) is 18.9 Å². The smallest absolute Gasteiger partial charge is 0.161 e. The molecule has 1 saturated heterocycles. The van der Waals surface area contributed by atoms with Gasteiger partial charge in [0.25, 0.3) is 0 Å². The number of piperidine rings is 1. The molecule has 0 aromatic carbocycles. The maximum Gasteiger partial charge on any atom is 0.161 e. The Bertz CT molecular complexity index is 463. The average Bonchev–Trinajstić information content (AvgIpc) is 2.37. The highest BCUT2D eigenvalue weighted by atomic mass is 16.5. The van der Waals surface area contributed by atoms with E-state index in [1.807, 2.05) is 0 Å². The molecule has 0 spiro atoms. The van der Waals surface area contributed by atoms with Crippen molar-refractivity contribution in [3.05, 3.63) is 29.2 Å². The molecule has 0 saturated carbocycles. The van der Waals surface area contributed by atoms with E-state index in [1.54, 1.807) is 12.2 Å². The van der Waals surface area contributed by atoms with Crippen LogP contribution >= 0.6 is 0 Å². The molecule has 0 bridgehead atoms. The summed E-state index contributed by atoms with van der Waals surface area (Å²) in [6.45, 7) is 1.99. The van der Waals surface area contributed by atoms with Gasteiger partial charge in [-0.25, -0.2) is 0 Å². The molecule has 1 fully saturated rings. The SMILES string of the molecule is CN1CCC(OC2=C(N)C=CC(=N)C2=C=N)CC1. The second-order valence-corrected chi connectivity index (χ2v) is 4.65. The monoisotopic (exact) mass is 246 g/mol. The molecule has 1 aliphatic carbocycles. The maximum absolute atomic E-state index is 7.73. The van der Waals surface area contributed by atoms with Crippen molar-refractivity contribution >= 4 is 11.6 Å². The molecule has 0 aromatic rings. The second-order valence-electron chi connectivity index (χ2n) is 4.65. The summed E-state index contributed by atoms with van der Waals surface area (Å²) in [5, 5.41) is 15.0. The quantitative estimate of drug-likeness (QED) is 0.636. The Kier molecular flexibility index (Phi) is 3.65. The Balaban J connectivity index is 2.14. The van der Waals surface area contributed by atoms with Crippen molar-refractivity contribution in [3.8, 4) is 0 Å². The molecular weight excluding hydrogens is 228 g/mol. The fourth-order valence-corrected chi connectivity index (χ4v) is 2.12. The Morgan fingerprint density at radius 3 is 2.67 bits per heavy atom. The van der Waals surface area contributed by atoms with Crippen molar-refractivity contribution in [3.63, 3.8) is 0 Å². The molecule has 0 atom stereocenters. The first-order valence-electron chi connectivity index (χ1n) is 6.04. The van der Waals surface area contributed by atoms with Crippen LogP contribution in [0.15, 0.2) is 29.2 Å². The standard InChI is InChI=1S/C13H18N4O/c1-17-6-4-9(5-7-17)18-13-10(8-14)11(15)2-3-12(13)16/h2-3,9,14-15H,4-7,16H2,1H3. The molecule has 0 aromatic heterocycles. The van der Waals surface area contributed by atoms with Gasteiger partial charge in [-0.05, 0) is 37.9 Å². The van der Waals surface area contributed by atoms with E-state index in [2.05, 4.69) is 17.8 Å². The molecule has 5 heteroatoms. The van der Waals surface area contributed by atoms with Gasteiger partial charge in [0.1, 0.15) is 11.7 Å². The van der Waals surface area contributed by atoms with Crippen LogP contribution in [-0.4, -0.2) is 42.7 Å². The highest BCUT2D eigenvalue weighted by Gasteiger charge is 2.24. The van der Waals surface area contributed by atoms with Gasteiger partial charge in [-0.1, -0.05) is 0 Å². The molecule has 96 valence electrons. The number of hydrogen-bond acceptors (Lipinski definition) is 5. The first kappa shape index (κ1) is 12.6. The van der Waals surface area contributed by atoms with E-state index in [-0.39, 0.29) is 11.8 Å². The van der Waals surface area contributed by atoms with Crippen LogP contribution < -0.4 is 5.73 Å². The number of nitrogens with two attached hydrogens (primary N) is 1. The molecule has 4 N–H and O–H groups in total. The predicted molar refractivity (Wildman–Crippen MR) is 70.9 cm³/mol. The zero-order valence-electron chi connectivity index (χ0n) is 10.5. The zero-order valence-corrected chi connectivity index (χ0v) is 10.5. The molecule has 1 aliphatic heterocycles. The first-order chi connectivity index (χ1) is 8.61. The summed E-state index contributed by atoms with van der Waals surface area (Å²) in [7, 11) is 2.09. The van der Waals surface area contributed by atoms with Gasteiger partial charge in [-0.2, -0.15) is 0 Å². The van der Waals surface area contributed by atoms with Crippen LogP contribution in [0, 0.1) is 10.8 Å². The van der Waals surface area contributed by atoms with Gasteiger partial charge in [0, 0.05) is 13.1 Å². The summed E-state index contributed by atoms with van der Waals surface area (Å²) in [4.78, 5) is 2.26. The zero-order chi connectivity index (χ0) is 13.1. The van der Waals surface area contributed by atoms with Crippen molar-refractivity contribution in [2.75, 3.05) is 20.1 Å². The number of ether oxygens (including phenoxy) is 1. The highest BCUT2D eigenvalue weighted by Crippen LogP contribution is 2.24. The van der Waals surface area contributed by atoms with Crippen molar-refractivity contribution < 1.29 is 4.74 Å². The minimum Gasteiger partial charge on any atom is -0.487 e. The van der Waals surface area contributed by atoms with Crippen LogP contribution in [-0.2, 0) is 4.74 Å². The van der Waals surface area contributed by atoms with Crippen LogP contribution in [0.25, 0.3) is 0 Å². The van der Waals surface area contributed by atoms with Gasteiger partial charge in [0.15, 0.2) is 5.76 Å². The van der Waals surface area contributed by atoms with E-state index in [4.69, 9.17) is 21.3 Å². The summed E-state index contributed by atoms with van der Waals surface area (Å²) in [5.74, 6) is 2.69. The normalized spacial score (nSPS) is 22.3. The molecule has 0 radical (unpaired) electrons. The van der Waals surface area contributed by atoms with Crippen LogP contribution in [0.4, 0.5) is 0 Å². The third-order valence-corrected chi connectivity index (χ3v) is 3.26. The lowest BCUT2D eigenvalue weighted by Crippen LogP contribution is -2.35. The van der Waals surface area contributed by atoms with Gasteiger partial charge in [0.05, 0.1) is 11.4 Å². The van der Waals surface area contributed by atoms with E-state index in [0.717, 1.165) is 25.9 Å². The van der Waals surface area contributed by atoms with Gasteiger partial charge in [-0.15, -0.1) is 0 Å². The fraction of sp³-hybridized carbons (Fsp3) is 0.462. The van der Waals surface area contributed by atoms with E-state index in [0.29, 0.717) is 17.0 Å². The average molecular weight is 246 g/mol. The van der Waals surface area contributed by atoms with Gasteiger partial charge in [0.2, 0.25) is 0 Å². The molecule has 0 unspecified atom stereocenters. The van der Waals surface area contributed by atoms with E-state index in [1.165, 1.54) is 0 Å². The molecule has 18 heavy (non-hydrogen) atoms. The summed E-state index contributed by atoms with van der Waals surface area (Å²) in [5.41, 5.74) is 6.91. The molecule has 0 amide bonds. The molecular formula is C13H18N4O. The largest absolute Gasteiger partial charge is 0.487 e. The summed E-state index contributed by atoms with van der Waals surface area (Å²) in [6.07, 6.45) is 5.20. The van der Waals surface area contributed by atoms with Crippen LogP contribution in [0.1, 0.15) is 12.8 Å². The minimum atomic E-state index is 0.109. The van der Waals surface area contributed by atoms with Crippen molar-refractivity contribution in [1.29, 1.82) is 10.8 Å². The highest BCUT2D eigenvalue weighted by molar-refractivity contribution is 6.15. The number of rotatable bonds is 2. The van der Waals surface area contributed by atoms with Gasteiger partial charge < -0.3 is 15.4 Å². The number of nitrogens with one attached hydrogen (secondary N) is 2. The number of nitrogens with zero attached hydrogens (tertiary/aromatic N) is 1. The Hall–Kier alpha value is -1.84. The minimum absolute atomic E-state index is 0.109. The second kappa shape index (κ2) is 5.21. The van der Waals surface area contributed by atoms with E-state index >= 15 is 0 Å². The third kappa shape index (κ3) is 2.53. The van der Waals surface area contributed by atoms with Crippen LogP contribution in [0.3, 0.4) is 0 Å². The van der Waals surface area contributed by atoms with E-state index in [9.17, 15) is 0 Å². The molecule has 5 nitrogen and oxygen atoms in total. The maximum atomic E-state index is 7.73. The lowest BCUT2D eigenvalue weighted by Gasteiger charge is -2.31. The van der Waals surface area contributed by atoms with E-state index < -0.39 is 0 Å². The van der Waals surface area contributed by atoms with Crippen molar-refractivity contribution in [2.24, 2.45) is 5.73 Å². The Morgan fingerprint density at radius 2 is 2.06 bits per heavy atom. The number of allylic oxidation sites excluding steroid dienone is 3. The number of likely N-dealkylation sites (tertiary alicyclic amines) is 1. The fourth-order valence-electron chi connectivity index (χ4n) is 2.12. The van der Waals surface area contributed by atoms with Crippen LogP contribution in [0.5, 0.6) is 0 Å². The molecule has 2 aliphatic rings. The van der Waals surface area contributed by atoms with Crippen molar-refractivity contribution in [1.82, 2.24) is 4.90 Å². The lowest BCUT2D eigenvalue weighted by atomic mass is 10.0. The van der Waals surface area contributed by atoms with Gasteiger partial charge >= 0.3 is 0 Å². The molecule has 1 heterocycles. The predicted octanol–water partition coefficient (Wildman–Crippen LogP) is 1.03. The molecule has 2 rings (SSSR count). The summed E-state index contributed by atoms with van der Waals surface area (Å²) >= 11 is 0. The first-order valence-corrected chi connectivity index (χ1v) is 6.04. The third-order valence-electron chi connectivity index (χ3n) is 3.26.